The van der Waals surface area contributed by atoms with E-state index >= 15 is 0 Å². The van der Waals surface area contributed by atoms with Gasteiger partial charge < -0.3 is 15.5 Å². The summed E-state index contributed by atoms with van der Waals surface area (Å²) in [6.45, 7) is 4.25. The summed E-state index contributed by atoms with van der Waals surface area (Å²) >= 11 is 0. The Hall–Kier alpha value is -1.13. The fourth-order valence-corrected chi connectivity index (χ4v) is 5.90. The number of aliphatic hydroxyl groups is 2. The third kappa shape index (κ3) is 32.3. The summed E-state index contributed by atoms with van der Waals surface area (Å²) in [6.07, 6.45) is 45.7. The second kappa shape index (κ2) is 36.3. The molecule has 2 atom stereocenters. The number of hydrogen-bond donors (Lipinski definition) is 3. The minimum atomic E-state index is -0.855. The van der Waals surface area contributed by atoms with Crippen LogP contribution in [0.2, 0.25) is 0 Å². The molecule has 0 aliphatic heterocycles. The number of allylic oxidation sites excluding steroid dienone is 3. The van der Waals surface area contributed by atoms with Gasteiger partial charge in [0.15, 0.2) is 0 Å². The second-order valence-electron chi connectivity index (χ2n) is 13.3. The van der Waals surface area contributed by atoms with Crippen LogP contribution < -0.4 is 5.32 Å². The predicted molar refractivity (Wildman–Crippen MR) is 193 cm³/mol. The zero-order valence-corrected chi connectivity index (χ0v) is 29.7. The summed E-state index contributed by atoms with van der Waals surface area (Å²) in [6, 6.07) is -0.632. The highest BCUT2D eigenvalue weighted by Crippen LogP contribution is 2.16. The number of carbonyl (C=O) groups excluding carboxylic acids is 1. The predicted octanol–water partition coefficient (Wildman–Crippen LogP) is 11.7. The van der Waals surface area contributed by atoms with Crippen LogP contribution in [0.1, 0.15) is 206 Å². The van der Waals surface area contributed by atoms with Crippen molar-refractivity contribution < 1.29 is 15.0 Å². The minimum Gasteiger partial charge on any atom is -0.394 e. The first-order chi connectivity index (χ1) is 21.7. The monoisotopic (exact) mass is 620 g/mol. The molecule has 0 saturated heterocycles. The number of unbranched alkanes of at least 4 members (excludes halogenated alkanes) is 26. The molecule has 0 unspecified atom stereocenters. The maximum atomic E-state index is 12.3. The van der Waals surface area contributed by atoms with Gasteiger partial charge in [-0.2, -0.15) is 0 Å². The fourth-order valence-electron chi connectivity index (χ4n) is 5.90. The number of nitrogens with one attached hydrogen (secondary N) is 1. The zero-order chi connectivity index (χ0) is 32.2. The zero-order valence-electron chi connectivity index (χ0n) is 29.7. The Balaban J connectivity index is 3.48. The second-order valence-corrected chi connectivity index (χ2v) is 13.3. The molecule has 3 N–H and O–H groups in total. The van der Waals surface area contributed by atoms with Crippen LogP contribution in [0.25, 0.3) is 0 Å². The van der Waals surface area contributed by atoms with E-state index < -0.39 is 12.1 Å². The van der Waals surface area contributed by atoms with Gasteiger partial charge in [0.05, 0.1) is 18.8 Å². The Kier molecular flexibility index (Phi) is 35.4. The first-order valence-corrected chi connectivity index (χ1v) is 19.6. The Morgan fingerprint density at radius 1 is 0.523 bits per heavy atom. The molecule has 0 saturated carbocycles. The Labute approximate surface area is 275 Å². The van der Waals surface area contributed by atoms with Crippen molar-refractivity contribution in [1.82, 2.24) is 5.32 Å². The van der Waals surface area contributed by atoms with Crippen molar-refractivity contribution in [3.8, 4) is 0 Å². The molecule has 260 valence electrons. The van der Waals surface area contributed by atoms with E-state index in [0.29, 0.717) is 6.42 Å². The van der Waals surface area contributed by atoms with Crippen molar-refractivity contribution in [2.45, 2.75) is 219 Å². The van der Waals surface area contributed by atoms with E-state index in [4.69, 9.17) is 0 Å². The van der Waals surface area contributed by atoms with Crippen LogP contribution in [-0.4, -0.2) is 34.9 Å². The average molecular weight is 620 g/mol. The van der Waals surface area contributed by atoms with Crippen molar-refractivity contribution in [2.24, 2.45) is 0 Å². The molecule has 0 radical (unpaired) electrons. The van der Waals surface area contributed by atoms with Gasteiger partial charge in [0.1, 0.15) is 0 Å². The highest BCUT2D eigenvalue weighted by atomic mass is 16.3. The molecule has 0 aromatic heterocycles. The van der Waals surface area contributed by atoms with E-state index in [2.05, 4.69) is 31.3 Å². The molecule has 0 aliphatic carbocycles. The first kappa shape index (κ1) is 42.9. The van der Waals surface area contributed by atoms with Crippen molar-refractivity contribution in [2.75, 3.05) is 6.61 Å². The van der Waals surface area contributed by atoms with E-state index in [-0.39, 0.29) is 12.5 Å². The first-order valence-electron chi connectivity index (χ1n) is 19.6. The number of carbonyl (C=O) groups is 1. The van der Waals surface area contributed by atoms with Crippen LogP contribution in [0.15, 0.2) is 24.3 Å². The van der Waals surface area contributed by atoms with Crippen LogP contribution in [0, 0.1) is 0 Å². The molecule has 0 bridgehead atoms. The Morgan fingerprint density at radius 3 is 1.32 bits per heavy atom. The van der Waals surface area contributed by atoms with Gasteiger partial charge in [-0.3, -0.25) is 4.79 Å². The van der Waals surface area contributed by atoms with Crippen molar-refractivity contribution >= 4 is 5.91 Å². The standard InChI is InChI=1S/C40H77NO3/c1-3-5-7-9-11-13-14-15-16-17-18-19-20-21-22-23-24-25-26-28-30-32-34-36-40(44)41-38(37-42)39(43)35-33-31-29-27-12-10-8-6-4-2/h12,27,33,35,38-39,42-43H,3-11,13-26,28-32,34,36-37H2,1-2H3,(H,41,44)/b27-12+,35-33+/t38-,39+/m0/s1. The molecule has 4 heteroatoms. The lowest BCUT2D eigenvalue weighted by Crippen LogP contribution is -2.45. The molecule has 44 heavy (non-hydrogen) atoms. The summed E-state index contributed by atoms with van der Waals surface area (Å²) in [7, 11) is 0. The quantitative estimate of drug-likeness (QED) is 0.0488. The smallest absolute Gasteiger partial charge is 0.220 e. The van der Waals surface area contributed by atoms with Crippen LogP contribution in [0.5, 0.6) is 0 Å². The number of aliphatic hydroxyl groups excluding tert-OH is 2. The molecule has 0 aliphatic rings. The van der Waals surface area contributed by atoms with E-state index in [0.717, 1.165) is 32.1 Å². The lowest BCUT2D eigenvalue weighted by atomic mass is 10.0. The summed E-state index contributed by atoms with van der Waals surface area (Å²) in [5.74, 6) is -0.0741. The van der Waals surface area contributed by atoms with Crippen LogP contribution in [0.4, 0.5) is 0 Å². The normalized spacial score (nSPS) is 13.3. The number of amides is 1. The summed E-state index contributed by atoms with van der Waals surface area (Å²) in [5.41, 5.74) is 0. The molecular formula is C40H77NO3. The summed E-state index contributed by atoms with van der Waals surface area (Å²) < 4.78 is 0. The Morgan fingerprint density at radius 2 is 0.886 bits per heavy atom. The van der Waals surface area contributed by atoms with Crippen LogP contribution >= 0.6 is 0 Å². The molecule has 0 aromatic rings. The maximum Gasteiger partial charge on any atom is 0.220 e. The van der Waals surface area contributed by atoms with Gasteiger partial charge >= 0.3 is 0 Å². The van der Waals surface area contributed by atoms with Gasteiger partial charge in [-0.1, -0.05) is 192 Å². The largest absolute Gasteiger partial charge is 0.394 e. The van der Waals surface area contributed by atoms with E-state index in [1.165, 1.54) is 154 Å². The minimum absolute atomic E-state index is 0.0741. The molecule has 0 aromatic carbocycles. The lowest BCUT2D eigenvalue weighted by molar-refractivity contribution is -0.123. The highest BCUT2D eigenvalue weighted by molar-refractivity contribution is 5.76. The van der Waals surface area contributed by atoms with Crippen molar-refractivity contribution in [3.05, 3.63) is 24.3 Å². The number of rotatable bonds is 35. The lowest BCUT2D eigenvalue weighted by Gasteiger charge is -2.19. The third-order valence-corrected chi connectivity index (χ3v) is 8.94. The topological polar surface area (TPSA) is 69.6 Å². The van der Waals surface area contributed by atoms with Gasteiger partial charge in [0, 0.05) is 6.42 Å². The molecule has 4 nitrogen and oxygen atoms in total. The number of hydrogen-bond acceptors (Lipinski definition) is 3. The summed E-state index contributed by atoms with van der Waals surface area (Å²) in [4.78, 5) is 12.3. The van der Waals surface area contributed by atoms with Crippen molar-refractivity contribution in [1.29, 1.82) is 0 Å². The Bertz CT molecular complexity index is 632. The third-order valence-electron chi connectivity index (χ3n) is 8.94. The highest BCUT2D eigenvalue weighted by Gasteiger charge is 2.17. The molecule has 1 amide bonds. The van der Waals surface area contributed by atoms with Gasteiger partial charge in [-0.15, -0.1) is 0 Å². The van der Waals surface area contributed by atoms with E-state index in [9.17, 15) is 15.0 Å². The SMILES string of the molecule is CCCCC/C=C/CC/C=C/[C@@H](O)[C@H](CO)NC(=O)CCCCCCCCCCCCCCCCCCCCCCCCC. The van der Waals surface area contributed by atoms with Gasteiger partial charge in [0.25, 0.3) is 0 Å². The van der Waals surface area contributed by atoms with Crippen LogP contribution in [0.3, 0.4) is 0 Å². The molecule has 0 rings (SSSR count). The van der Waals surface area contributed by atoms with Gasteiger partial charge in [-0.25, -0.2) is 0 Å². The van der Waals surface area contributed by atoms with Crippen LogP contribution in [-0.2, 0) is 4.79 Å². The fraction of sp³-hybridized carbons (Fsp3) is 0.875. The molecular weight excluding hydrogens is 542 g/mol. The van der Waals surface area contributed by atoms with Crippen molar-refractivity contribution in [3.63, 3.8) is 0 Å². The van der Waals surface area contributed by atoms with Gasteiger partial charge in [0.2, 0.25) is 5.91 Å². The summed E-state index contributed by atoms with van der Waals surface area (Å²) in [5, 5.41) is 22.8. The molecule has 0 heterocycles. The maximum absolute atomic E-state index is 12.3. The molecule has 0 fully saturated rings. The molecule has 0 spiro atoms. The average Bonchev–Trinajstić information content (AvgIpc) is 3.03. The van der Waals surface area contributed by atoms with Gasteiger partial charge in [-0.05, 0) is 32.1 Å². The van der Waals surface area contributed by atoms with E-state index in [1.54, 1.807) is 6.08 Å². The van der Waals surface area contributed by atoms with E-state index in [1.807, 2.05) is 6.08 Å².